The van der Waals surface area contributed by atoms with Crippen molar-refractivity contribution in [3.05, 3.63) is 54.4 Å². The Labute approximate surface area is 239 Å². The quantitative estimate of drug-likeness (QED) is 0.176. The minimum atomic E-state index is -5.40. The largest absolute Gasteiger partial charge is 0.491 e. The van der Waals surface area contributed by atoms with E-state index in [1.54, 1.807) is 35.3 Å². The number of carbonyl (C=O) groups excluding carboxylic acids is 4. The van der Waals surface area contributed by atoms with E-state index in [1.165, 1.54) is 0 Å². The Morgan fingerprint density at radius 3 is 2.57 bits per heavy atom. The molecule has 1 aromatic carbocycles. The average Bonchev–Trinajstić information content (AvgIpc) is 3.39. The van der Waals surface area contributed by atoms with Gasteiger partial charge in [-0.15, -0.1) is 0 Å². The number of anilines is 1. The SMILES string of the molecule is O=C(NC[C@H](NC(=O)C1CCCCC1)C(=O)OC(=O)C(F)(F)F)c1ccc2c(cnn2CCCNc2ccccn2)c1. The zero-order valence-electron chi connectivity index (χ0n) is 22.7. The first-order chi connectivity index (χ1) is 20.1. The van der Waals surface area contributed by atoms with Crippen molar-refractivity contribution in [3.8, 4) is 0 Å². The molecular formula is C28H31F3N6O5. The molecule has 1 fully saturated rings. The molecule has 0 radical (unpaired) electrons. The van der Waals surface area contributed by atoms with Crippen LogP contribution in [-0.2, 0) is 25.7 Å². The zero-order valence-corrected chi connectivity index (χ0v) is 22.7. The molecule has 3 aromatic rings. The van der Waals surface area contributed by atoms with Crippen molar-refractivity contribution in [3.63, 3.8) is 0 Å². The Morgan fingerprint density at radius 2 is 1.86 bits per heavy atom. The molecule has 1 atom stereocenters. The lowest BCUT2D eigenvalue weighted by atomic mass is 9.88. The zero-order chi connectivity index (χ0) is 30.1. The minimum Gasteiger partial charge on any atom is -0.385 e. The Kier molecular flexibility index (Phi) is 10.1. The van der Waals surface area contributed by atoms with Gasteiger partial charge in [-0.3, -0.25) is 14.3 Å². The van der Waals surface area contributed by atoms with Crippen LogP contribution in [0.15, 0.2) is 48.8 Å². The fourth-order valence-electron chi connectivity index (χ4n) is 4.68. The van der Waals surface area contributed by atoms with E-state index in [1.807, 2.05) is 18.2 Å². The number of aromatic nitrogens is 3. The number of hydrogen-bond donors (Lipinski definition) is 3. The van der Waals surface area contributed by atoms with Gasteiger partial charge in [-0.1, -0.05) is 25.3 Å². The van der Waals surface area contributed by atoms with E-state index in [-0.39, 0.29) is 5.56 Å². The predicted octanol–water partition coefficient (Wildman–Crippen LogP) is 3.36. The summed E-state index contributed by atoms with van der Waals surface area (Å²) in [6, 6.07) is 8.73. The summed E-state index contributed by atoms with van der Waals surface area (Å²) in [4.78, 5) is 53.4. The number of alkyl halides is 3. The maximum Gasteiger partial charge on any atom is 0.491 e. The van der Waals surface area contributed by atoms with E-state index in [0.717, 1.165) is 37.0 Å². The molecule has 0 aliphatic heterocycles. The van der Waals surface area contributed by atoms with Gasteiger partial charge in [0.1, 0.15) is 11.9 Å². The molecule has 3 N–H and O–H groups in total. The summed E-state index contributed by atoms with van der Waals surface area (Å²) in [5.74, 6) is -5.16. The maximum atomic E-state index is 12.9. The van der Waals surface area contributed by atoms with E-state index >= 15 is 0 Å². The number of fused-ring (bicyclic) bond motifs is 1. The number of nitrogens with one attached hydrogen (secondary N) is 3. The van der Waals surface area contributed by atoms with Gasteiger partial charge in [-0.25, -0.2) is 14.6 Å². The molecule has 1 saturated carbocycles. The number of carbonyl (C=O) groups is 4. The highest BCUT2D eigenvalue weighted by Crippen LogP contribution is 2.24. The molecule has 0 spiro atoms. The molecule has 42 heavy (non-hydrogen) atoms. The summed E-state index contributed by atoms with van der Waals surface area (Å²) in [5, 5.41) is 13.1. The summed E-state index contributed by atoms with van der Waals surface area (Å²) in [5.41, 5.74) is 0.993. The van der Waals surface area contributed by atoms with Gasteiger partial charge in [0.2, 0.25) is 5.91 Å². The number of pyridine rings is 1. The first kappa shape index (κ1) is 30.5. The molecule has 0 bridgehead atoms. The van der Waals surface area contributed by atoms with Crippen molar-refractivity contribution >= 4 is 40.5 Å². The van der Waals surface area contributed by atoms with Crippen molar-refractivity contribution < 1.29 is 37.1 Å². The van der Waals surface area contributed by atoms with Crippen LogP contribution < -0.4 is 16.0 Å². The van der Waals surface area contributed by atoms with Crippen LogP contribution in [0.5, 0.6) is 0 Å². The number of aryl methyl sites for hydroxylation is 1. The third-order valence-electron chi connectivity index (χ3n) is 6.89. The van der Waals surface area contributed by atoms with Crippen LogP contribution in [0.4, 0.5) is 19.0 Å². The van der Waals surface area contributed by atoms with Crippen LogP contribution in [0.3, 0.4) is 0 Å². The highest BCUT2D eigenvalue weighted by Gasteiger charge is 2.43. The number of amides is 2. The fraction of sp³-hybridized carbons (Fsp3) is 0.429. The molecule has 224 valence electrons. The molecule has 14 heteroatoms. The summed E-state index contributed by atoms with van der Waals surface area (Å²) in [7, 11) is 0. The van der Waals surface area contributed by atoms with Gasteiger partial charge in [0.25, 0.3) is 5.91 Å². The first-order valence-corrected chi connectivity index (χ1v) is 13.6. The van der Waals surface area contributed by atoms with Crippen molar-refractivity contribution in [1.82, 2.24) is 25.4 Å². The van der Waals surface area contributed by atoms with E-state index in [4.69, 9.17) is 0 Å². The Hall–Kier alpha value is -4.49. The van der Waals surface area contributed by atoms with Gasteiger partial charge in [0, 0.05) is 42.7 Å². The third kappa shape index (κ3) is 8.27. The number of nitrogens with zero attached hydrogens (tertiary/aromatic N) is 3. The Bertz CT molecular complexity index is 1410. The van der Waals surface area contributed by atoms with Crippen molar-refractivity contribution in [2.24, 2.45) is 5.92 Å². The van der Waals surface area contributed by atoms with Crippen LogP contribution in [0, 0.1) is 5.92 Å². The van der Waals surface area contributed by atoms with Crippen LogP contribution in [0.1, 0.15) is 48.9 Å². The molecule has 2 amide bonds. The van der Waals surface area contributed by atoms with Crippen molar-refractivity contribution in [2.75, 3.05) is 18.4 Å². The summed E-state index contributed by atoms with van der Waals surface area (Å²) in [6.07, 6.45) is 2.36. The van der Waals surface area contributed by atoms with E-state index < -0.39 is 48.4 Å². The summed E-state index contributed by atoms with van der Waals surface area (Å²) >= 11 is 0. The molecule has 0 saturated heterocycles. The number of esters is 2. The molecule has 1 aliphatic carbocycles. The van der Waals surface area contributed by atoms with E-state index in [0.29, 0.717) is 31.3 Å². The summed E-state index contributed by atoms with van der Waals surface area (Å²) in [6.45, 7) is 0.701. The molecule has 2 aromatic heterocycles. The van der Waals surface area contributed by atoms with Crippen LogP contribution in [0.2, 0.25) is 0 Å². The van der Waals surface area contributed by atoms with Crippen LogP contribution in [-0.4, -0.2) is 63.8 Å². The van der Waals surface area contributed by atoms with Gasteiger partial charge in [0.15, 0.2) is 0 Å². The lowest BCUT2D eigenvalue weighted by Gasteiger charge is -2.24. The number of halogens is 3. The number of benzene rings is 1. The summed E-state index contributed by atoms with van der Waals surface area (Å²) < 4.78 is 43.7. The van der Waals surface area contributed by atoms with Gasteiger partial charge < -0.3 is 20.7 Å². The molecule has 4 rings (SSSR count). The normalized spacial score (nSPS) is 14.6. The maximum absolute atomic E-state index is 12.9. The highest BCUT2D eigenvalue weighted by molar-refractivity contribution is 5.99. The molecule has 0 unspecified atom stereocenters. The fourth-order valence-corrected chi connectivity index (χ4v) is 4.68. The monoisotopic (exact) mass is 588 g/mol. The smallest absolute Gasteiger partial charge is 0.385 e. The van der Waals surface area contributed by atoms with Crippen LogP contribution in [0.25, 0.3) is 10.9 Å². The third-order valence-corrected chi connectivity index (χ3v) is 6.89. The molecule has 2 heterocycles. The van der Waals surface area contributed by atoms with E-state index in [9.17, 15) is 32.3 Å². The lowest BCUT2D eigenvalue weighted by Crippen LogP contribution is -2.51. The predicted molar refractivity (Wildman–Crippen MR) is 145 cm³/mol. The topological polar surface area (TPSA) is 144 Å². The van der Waals surface area contributed by atoms with Gasteiger partial charge in [0.05, 0.1) is 11.7 Å². The second-order valence-corrected chi connectivity index (χ2v) is 9.95. The number of hydrogen-bond acceptors (Lipinski definition) is 8. The second kappa shape index (κ2) is 13.9. The lowest BCUT2D eigenvalue weighted by molar-refractivity contribution is -0.202. The second-order valence-electron chi connectivity index (χ2n) is 9.95. The van der Waals surface area contributed by atoms with Gasteiger partial charge in [-0.05, 0) is 49.6 Å². The Balaban J connectivity index is 1.36. The first-order valence-electron chi connectivity index (χ1n) is 13.6. The molecule has 11 nitrogen and oxygen atoms in total. The molecule has 1 aliphatic rings. The van der Waals surface area contributed by atoms with Crippen molar-refractivity contribution in [2.45, 2.75) is 57.3 Å². The highest BCUT2D eigenvalue weighted by atomic mass is 19.4. The molecular weight excluding hydrogens is 557 g/mol. The van der Waals surface area contributed by atoms with Crippen LogP contribution >= 0.6 is 0 Å². The van der Waals surface area contributed by atoms with Crippen molar-refractivity contribution in [1.29, 1.82) is 0 Å². The standard InChI is InChI=1S/C28H31F3N6O5/c29-28(30,31)27(41)42-26(40)21(36-25(39)18-7-2-1-3-8-18)17-34-24(38)19-10-11-22-20(15-19)16-35-37(22)14-6-13-33-23-9-4-5-12-32-23/h4-5,9-12,15-16,18,21H,1-3,6-8,13-14,17H2,(H,32,33)(H,34,38)(H,36,39)/t21-/m0/s1. The van der Waals surface area contributed by atoms with Gasteiger partial charge in [-0.2, -0.15) is 18.3 Å². The Morgan fingerprint density at radius 1 is 1.07 bits per heavy atom. The number of rotatable bonds is 11. The number of ether oxygens (including phenoxy) is 1. The average molecular weight is 589 g/mol. The van der Waals surface area contributed by atoms with Gasteiger partial charge >= 0.3 is 18.1 Å². The minimum absolute atomic E-state index is 0.205. The van der Waals surface area contributed by atoms with E-state index in [2.05, 4.69) is 30.8 Å².